The van der Waals surface area contributed by atoms with Crippen LogP contribution in [0.5, 0.6) is 0 Å². The van der Waals surface area contributed by atoms with Crippen molar-refractivity contribution < 1.29 is 4.42 Å². The molecule has 0 bridgehead atoms. The summed E-state index contributed by atoms with van der Waals surface area (Å²) in [7, 11) is 0. The molecule has 6 heteroatoms. The Morgan fingerprint density at radius 3 is 2.09 bits per heavy atom. The molecule has 13 aromatic rings. The molecule has 3 aromatic heterocycles. The van der Waals surface area contributed by atoms with E-state index in [1.54, 1.807) is 0 Å². The number of hydrogen-bond donors (Lipinski definition) is 1. The van der Waals surface area contributed by atoms with Crippen molar-refractivity contribution in [2.45, 2.75) is 6.17 Å². The summed E-state index contributed by atoms with van der Waals surface area (Å²) in [6.45, 7) is 0. The molecular weight excluding hydrogens is 813 g/mol. The lowest BCUT2D eigenvalue weighted by Gasteiger charge is -2.25. The molecule has 65 heavy (non-hydrogen) atoms. The topological polar surface area (TPSA) is 54.8 Å². The van der Waals surface area contributed by atoms with E-state index in [0.717, 1.165) is 66.8 Å². The third-order valence-corrected chi connectivity index (χ3v) is 14.3. The molecule has 0 amide bonds. The van der Waals surface area contributed by atoms with Gasteiger partial charge in [-0.3, -0.25) is 0 Å². The zero-order chi connectivity index (χ0) is 42.6. The number of nitrogens with zero attached hydrogens (tertiary/aromatic N) is 3. The Hall–Kier alpha value is -8.32. The highest BCUT2D eigenvalue weighted by atomic mass is 32.1. The van der Waals surface area contributed by atoms with Crippen LogP contribution in [0.2, 0.25) is 0 Å². The number of benzene rings is 10. The van der Waals surface area contributed by atoms with Gasteiger partial charge in [-0.05, 0) is 111 Å². The number of para-hydroxylation sites is 2. The summed E-state index contributed by atoms with van der Waals surface area (Å²) in [6.07, 6.45) is -0.379. The minimum Gasteiger partial charge on any atom is -0.456 e. The van der Waals surface area contributed by atoms with Gasteiger partial charge in [0.1, 0.15) is 23.2 Å². The molecule has 0 aliphatic carbocycles. The zero-order valence-electron chi connectivity index (χ0n) is 34.9. The summed E-state index contributed by atoms with van der Waals surface area (Å²) in [5.74, 6) is 1.42. The van der Waals surface area contributed by atoms with Gasteiger partial charge in [0, 0.05) is 58.5 Å². The third kappa shape index (κ3) is 5.64. The van der Waals surface area contributed by atoms with E-state index in [2.05, 4.69) is 198 Å². The zero-order valence-corrected chi connectivity index (χ0v) is 35.7. The summed E-state index contributed by atoms with van der Waals surface area (Å²) in [4.78, 5) is 11.0. The molecule has 5 nitrogen and oxygen atoms in total. The van der Waals surface area contributed by atoms with E-state index in [4.69, 9.17) is 14.4 Å². The fourth-order valence-corrected chi connectivity index (χ4v) is 11.4. The summed E-state index contributed by atoms with van der Waals surface area (Å²) in [6, 6.07) is 74.0. The highest BCUT2D eigenvalue weighted by Gasteiger charge is 2.26. The summed E-state index contributed by atoms with van der Waals surface area (Å²) < 4.78 is 11.2. The van der Waals surface area contributed by atoms with Gasteiger partial charge in [0.05, 0.1) is 11.0 Å². The standard InChI is InChI=1S/C59H36N4OS/c1-2-14-36(15-3-1)57-60-58(39-25-29-52-48(32-39)43-20-9-11-23-51(43)64-52)62-59(61-57)45-28-27-40(63-49-22-10-8-19-42(49)47-31-37-16-4-5-17-38(37)33-50(47)63)34-46(45)44-21-12-24-53-56(44)55-41-18-7-6-13-35(41)26-30-54(55)65-53/h1-34,57H,(H,60,61,62). The number of aliphatic imine (C=N–C) groups is 2. The van der Waals surface area contributed by atoms with Crippen LogP contribution in [-0.4, -0.2) is 16.2 Å². The molecular formula is C59H36N4OS. The number of rotatable bonds is 5. The molecule has 0 saturated heterocycles. The first-order valence-electron chi connectivity index (χ1n) is 22.0. The van der Waals surface area contributed by atoms with Crippen molar-refractivity contribution in [3.05, 3.63) is 223 Å². The highest BCUT2D eigenvalue weighted by Crippen LogP contribution is 2.45. The van der Waals surface area contributed by atoms with E-state index < -0.39 is 0 Å². The first kappa shape index (κ1) is 36.2. The highest BCUT2D eigenvalue weighted by molar-refractivity contribution is 7.26. The summed E-state index contributed by atoms with van der Waals surface area (Å²) in [5, 5.41) is 15.8. The molecule has 1 atom stereocenters. The number of amidine groups is 2. The van der Waals surface area contributed by atoms with Crippen LogP contribution in [0.3, 0.4) is 0 Å². The molecule has 0 saturated carbocycles. The van der Waals surface area contributed by atoms with Crippen LogP contribution < -0.4 is 5.32 Å². The fraction of sp³-hybridized carbons (Fsp3) is 0.0169. The van der Waals surface area contributed by atoms with Crippen LogP contribution in [0.1, 0.15) is 22.9 Å². The van der Waals surface area contributed by atoms with Gasteiger partial charge in [0.15, 0.2) is 5.84 Å². The number of hydrogen-bond acceptors (Lipinski definition) is 5. The quantitative estimate of drug-likeness (QED) is 0.188. The largest absolute Gasteiger partial charge is 0.456 e. The van der Waals surface area contributed by atoms with Gasteiger partial charge in [-0.15, -0.1) is 11.3 Å². The van der Waals surface area contributed by atoms with Gasteiger partial charge in [0.2, 0.25) is 0 Å². The Labute approximate surface area is 376 Å². The molecule has 0 radical (unpaired) electrons. The third-order valence-electron chi connectivity index (χ3n) is 13.2. The smallest absolute Gasteiger partial charge is 0.160 e. The van der Waals surface area contributed by atoms with Gasteiger partial charge in [-0.25, -0.2) is 9.98 Å². The summed E-state index contributed by atoms with van der Waals surface area (Å²) >= 11 is 1.85. The molecule has 304 valence electrons. The van der Waals surface area contributed by atoms with Gasteiger partial charge in [-0.2, -0.15) is 0 Å². The average Bonchev–Trinajstić information content (AvgIpc) is 4.05. The molecule has 0 spiro atoms. The van der Waals surface area contributed by atoms with Crippen LogP contribution in [-0.2, 0) is 0 Å². The van der Waals surface area contributed by atoms with Crippen molar-refractivity contribution in [3.63, 3.8) is 0 Å². The number of fused-ring (bicyclic) bond motifs is 12. The maximum atomic E-state index is 6.26. The van der Waals surface area contributed by atoms with Crippen LogP contribution in [0, 0.1) is 0 Å². The van der Waals surface area contributed by atoms with Crippen molar-refractivity contribution >= 4 is 108 Å². The minimum absolute atomic E-state index is 0.379. The Morgan fingerprint density at radius 1 is 0.462 bits per heavy atom. The Bertz CT molecular complexity index is 4170. The number of nitrogens with one attached hydrogen (secondary N) is 1. The molecule has 10 aromatic carbocycles. The second-order valence-corrected chi connectivity index (χ2v) is 18.0. The van der Waals surface area contributed by atoms with Gasteiger partial charge in [-0.1, -0.05) is 133 Å². The number of furan rings is 1. The lowest BCUT2D eigenvalue weighted by molar-refractivity contribution is 0.668. The maximum Gasteiger partial charge on any atom is 0.160 e. The van der Waals surface area contributed by atoms with E-state index in [9.17, 15) is 0 Å². The van der Waals surface area contributed by atoms with Crippen LogP contribution in [0.25, 0.3) is 102 Å². The number of aromatic nitrogens is 1. The predicted molar refractivity (Wildman–Crippen MR) is 273 cm³/mol. The van der Waals surface area contributed by atoms with Crippen LogP contribution >= 0.6 is 11.3 Å². The minimum atomic E-state index is -0.379. The van der Waals surface area contributed by atoms with Gasteiger partial charge >= 0.3 is 0 Å². The average molecular weight is 849 g/mol. The van der Waals surface area contributed by atoms with Crippen molar-refractivity contribution in [1.29, 1.82) is 0 Å². The first-order valence-corrected chi connectivity index (χ1v) is 22.8. The molecule has 1 N–H and O–H groups in total. The SMILES string of the molecule is c1ccc(C2N=C(c3ccc(-n4c5ccccc5c5cc6ccccc6cc54)cc3-c3cccc4sc5ccc6ccccc6c5c34)N=C(c3ccc4oc5ccccc5c4c3)N2)cc1. The fourth-order valence-electron chi connectivity index (χ4n) is 10.2. The Morgan fingerprint density at radius 2 is 1.20 bits per heavy atom. The normalized spacial score (nSPS) is 14.3. The molecule has 1 aliphatic heterocycles. The molecule has 14 rings (SSSR count). The van der Waals surface area contributed by atoms with E-state index in [1.165, 1.54) is 58.0 Å². The second kappa shape index (κ2) is 14.1. The maximum absolute atomic E-state index is 6.26. The van der Waals surface area contributed by atoms with E-state index in [0.29, 0.717) is 5.84 Å². The Kier molecular flexibility index (Phi) is 7.85. The van der Waals surface area contributed by atoms with Crippen molar-refractivity contribution in [1.82, 2.24) is 9.88 Å². The first-order chi connectivity index (χ1) is 32.2. The lowest BCUT2D eigenvalue weighted by atomic mass is 9.92. The van der Waals surface area contributed by atoms with Gasteiger partial charge < -0.3 is 14.3 Å². The molecule has 1 aliphatic rings. The van der Waals surface area contributed by atoms with Gasteiger partial charge in [0.25, 0.3) is 0 Å². The van der Waals surface area contributed by atoms with Crippen molar-refractivity contribution in [2.75, 3.05) is 0 Å². The van der Waals surface area contributed by atoms with E-state index >= 15 is 0 Å². The lowest BCUT2D eigenvalue weighted by Crippen LogP contribution is -2.33. The second-order valence-electron chi connectivity index (χ2n) is 16.9. The number of thiophene rings is 1. The van der Waals surface area contributed by atoms with E-state index in [-0.39, 0.29) is 6.17 Å². The van der Waals surface area contributed by atoms with Crippen molar-refractivity contribution in [3.8, 4) is 16.8 Å². The van der Waals surface area contributed by atoms with Crippen LogP contribution in [0.15, 0.2) is 221 Å². The predicted octanol–water partition coefficient (Wildman–Crippen LogP) is 15.5. The molecule has 0 fully saturated rings. The van der Waals surface area contributed by atoms with Crippen LogP contribution in [0.4, 0.5) is 0 Å². The van der Waals surface area contributed by atoms with Crippen molar-refractivity contribution in [2.24, 2.45) is 9.98 Å². The Balaban J connectivity index is 1.06. The monoisotopic (exact) mass is 848 g/mol. The molecule has 4 heterocycles. The van der Waals surface area contributed by atoms with E-state index in [1.807, 2.05) is 29.5 Å². The molecule has 1 unspecified atom stereocenters. The summed E-state index contributed by atoms with van der Waals surface area (Å²) in [5.41, 5.74) is 10.3.